The highest BCUT2D eigenvalue weighted by Crippen LogP contribution is 2.21. The van der Waals surface area contributed by atoms with Crippen LogP contribution in [0.15, 0.2) is 36.7 Å². The summed E-state index contributed by atoms with van der Waals surface area (Å²) in [5.41, 5.74) is 0.821. The van der Waals surface area contributed by atoms with Crippen LogP contribution in [-0.2, 0) is 11.8 Å². The van der Waals surface area contributed by atoms with Crippen LogP contribution in [0.4, 0.5) is 4.39 Å². The van der Waals surface area contributed by atoms with E-state index < -0.39 is 6.04 Å². The summed E-state index contributed by atoms with van der Waals surface area (Å²) in [6.45, 7) is 2.33. The topological polar surface area (TPSA) is 50.2 Å². The Morgan fingerprint density at radius 3 is 2.42 bits per heavy atom. The van der Waals surface area contributed by atoms with E-state index in [0.717, 1.165) is 37.3 Å². The summed E-state index contributed by atoms with van der Waals surface area (Å²) in [6, 6.07) is 5.83. The number of amides is 1. The minimum absolute atomic E-state index is 0.0251. The van der Waals surface area contributed by atoms with Crippen LogP contribution >= 0.6 is 0 Å². The third-order valence-electron chi connectivity index (χ3n) is 4.94. The van der Waals surface area contributed by atoms with Crippen LogP contribution in [0.25, 0.3) is 0 Å². The molecule has 1 aromatic heterocycles. The first kappa shape index (κ1) is 18.6. The second-order valence-electron chi connectivity index (χ2n) is 6.99. The lowest BCUT2D eigenvalue weighted by Crippen LogP contribution is -2.41. The summed E-state index contributed by atoms with van der Waals surface area (Å²) in [7, 11) is 1.89. The van der Waals surface area contributed by atoms with Crippen LogP contribution in [0, 0.1) is 5.82 Å². The Labute approximate surface area is 154 Å². The fourth-order valence-corrected chi connectivity index (χ4v) is 3.49. The molecule has 3 rings (SSSR count). The van der Waals surface area contributed by atoms with Gasteiger partial charge in [-0.05, 0) is 43.6 Å². The third kappa shape index (κ3) is 4.91. The average Bonchev–Trinajstić information content (AvgIpc) is 3.02. The zero-order valence-corrected chi connectivity index (χ0v) is 15.3. The lowest BCUT2D eigenvalue weighted by molar-refractivity contribution is -0.122. The number of hydrogen-bond donors (Lipinski definition) is 1. The maximum Gasteiger partial charge on any atom is 0.235 e. The van der Waals surface area contributed by atoms with E-state index in [1.165, 1.54) is 31.4 Å². The van der Waals surface area contributed by atoms with Crippen molar-refractivity contribution >= 4 is 5.91 Å². The van der Waals surface area contributed by atoms with Gasteiger partial charge < -0.3 is 9.88 Å². The lowest BCUT2D eigenvalue weighted by Gasteiger charge is -2.25. The molecule has 0 aliphatic carbocycles. The van der Waals surface area contributed by atoms with E-state index >= 15 is 0 Å². The summed E-state index contributed by atoms with van der Waals surface area (Å²) in [5.74, 6) is 0.417. The highest BCUT2D eigenvalue weighted by Gasteiger charge is 2.22. The standard InChI is InChI=1S/C20H27FN4O/c1-24-14-11-22-20(24)19(16-7-9-17(21)10-8-16)23-18(26)15-25-12-5-3-2-4-6-13-25/h7-11,14,19H,2-6,12-13,15H2,1H3,(H,23,26)/t19-/m0/s1. The molecule has 5 nitrogen and oxygen atoms in total. The molecular weight excluding hydrogens is 331 g/mol. The van der Waals surface area contributed by atoms with Crippen molar-refractivity contribution in [3.63, 3.8) is 0 Å². The van der Waals surface area contributed by atoms with Gasteiger partial charge in [0.05, 0.1) is 6.54 Å². The highest BCUT2D eigenvalue weighted by atomic mass is 19.1. The predicted molar refractivity (Wildman–Crippen MR) is 99.1 cm³/mol. The van der Waals surface area contributed by atoms with E-state index in [9.17, 15) is 9.18 Å². The largest absolute Gasteiger partial charge is 0.341 e. The van der Waals surface area contributed by atoms with Gasteiger partial charge in [-0.15, -0.1) is 0 Å². The predicted octanol–water partition coefficient (Wildman–Crippen LogP) is 3.03. The van der Waals surface area contributed by atoms with Crippen molar-refractivity contribution in [3.05, 3.63) is 53.9 Å². The van der Waals surface area contributed by atoms with E-state index in [0.29, 0.717) is 6.54 Å². The number of carbonyl (C=O) groups excluding carboxylic acids is 1. The number of aromatic nitrogens is 2. The summed E-state index contributed by atoms with van der Waals surface area (Å²) in [4.78, 5) is 19.3. The van der Waals surface area contributed by atoms with Crippen LogP contribution in [-0.4, -0.2) is 40.0 Å². The second kappa shape index (κ2) is 8.94. The molecule has 1 aliphatic heterocycles. The van der Waals surface area contributed by atoms with Gasteiger partial charge in [-0.2, -0.15) is 0 Å². The number of hydrogen-bond acceptors (Lipinski definition) is 3. The van der Waals surface area contributed by atoms with Crippen LogP contribution in [0.5, 0.6) is 0 Å². The number of aryl methyl sites for hydroxylation is 1. The molecule has 1 aliphatic rings. The monoisotopic (exact) mass is 358 g/mol. The molecule has 0 spiro atoms. The van der Waals surface area contributed by atoms with Gasteiger partial charge in [0.1, 0.15) is 17.7 Å². The van der Waals surface area contributed by atoms with E-state index in [2.05, 4.69) is 15.2 Å². The number of carbonyl (C=O) groups is 1. The fourth-order valence-electron chi connectivity index (χ4n) is 3.49. The number of imidazole rings is 1. The van der Waals surface area contributed by atoms with Gasteiger partial charge >= 0.3 is 0 Å². The molecule has 1 saturated heterocycles. The first-order valence-corrected chi connectivity index (χ1v) is 9.38. The number of nitrogens with zero attached hydrogens (tertiary/aromatic N) is 3. The Hall–Kier alpha value is -2.21. The highest BCUT2D eigenvalue weighted by molar-refractivity contribution is 5.78. The van der Waals surface area contributed by atoms with E-state index in [4.69, 9.17) is 0 Å². The van der Waals surface area contributed by atoms with Crippen molar-refractivity contribution in [3.8, 4) is 0 Å². The number of halogens is 1. The molecule has 1 aromatic carbocycles. The Morgan fingerprint density at radius 2 is 1.81 bits per heavy atom. The third-order valence-corrected chi connectivity index (χ3v) is 4.94. The molecule has 26 heavy (non-hydrogen) atoms. The van der Waals surface area contributed by atoms with E-state index in [1.54, 1.807) is 18.3 Å². The van der Waals surface area contributed by atoms with E-state index in [-0.39, 0.29) is 11.7 Å². The molecule has 0 unspecified atom stereocenters. The summed E-state index contributed by atoms with van der Waals surface area (Å²) in [5, 5.41) is 3.09. The molecule has 1 amide bonds. The second-order valence-corrected chi connectivity index (χ2v) is 6.99. The van der Waals surface area contributed by atoms with Crippen molar-refractivity contribution in [1.29, 1.82) is 0 Å². The van der Waals surface area contributed by atoms with Crippen molar-refractivity contribution in [2.45, 2.75) is 38.1 Å². The molecule has 0 radical (unpaired) electrons. The Balaban J connectivity index is 1.71. The van der Waals surface area contributed by atoms with E-state index in [1.807, 2.05) is 17.8 Å². The Morgan fingerprint density at radius 1 is 1.15 bits per heavy atom. The molecule has 6 heteroatoms. The van der Waals surface area contributed by atoms with Gasteiger partial charge in [-0.1, -0.05) is 31.4 Å². The van der Waals surface area contributed by atoms with Gasteiger partial charge in [0.15, 0.2) is 0 Å². The number of benzene rings is 1. The maximum atomic E-state index is 13.3. The smallest absolute Gasteiger partial charge is 0.235 e. The van der Waals surface area contributed by atoms with Crippen LogP contribution in [0.3, 0.4) is 0 Å². The number of likely N-dealkylation sites (tertiary alicyclic amines) is 1. The normalized spacial score (nSPS) is 17.3. The lowest BCUT2D eigenvalue weighted by atomic mass is 10.1. The first-order valence-electron chi connectivity index (χ1n) is 9.38. The fraction of sp³-hybridized carbons (Fsp3) is 0.500. The van der Waals surface area contributed by atoms with Crippen molar-refractivity contribution in [1.82, 2.24) is 19.8 Å². The van der Waals surface area contributed by atoms with Crippen LogP contribution < -0.4 is 5.32 Å². The molecule has 2 heterocycles. The molecule has 140 valence electrons. The molecule has 1 fully saturated rings. The van der Waals surface area contributed by atoms with Crippen molar-refractivity contribution in [2.24, 2.45) is 7.05 Å². The molecule has 2 aromatic rings. The molecule has 0 bridgehead atoms. The molecule has 0 saturated carbocycles. The van der Waals surface area contributed by atoms with Gasteiger partial charge in [-0.25, -0.2) is 9.37 Å². The number of nitrogens with one attached hydrogen (secondary N) is 1. The first-order chi connectivity index (χ1) is 12.6. The zero-order valence-electron chi connectivity index (χ0n) is 15.3. The quantitative estimate of drug-likeness (QED) is 0.894. The van der Waals surface area contributed by atoms with Gasteiger partial charge in [0.2, 0.25) is 5.91 Å². The molecule has 1 atom stereocenters. The average molecular weight is 358 g/mol. The summed E-state index contributed by atoms with van der Waals surface area (Å²) in [6.07, 6.45) is 9.62. The Kier molecular flexibility index (Phi) is 6.39. The van der Waals surface area contributed by atoms with Crippen LogP contribution in [0.1, 0.15) is 49.5 Å². The number of rotatable bonds is 5. The van der Waals surface area contributed by atoms with Crippen LogP contribution in [0.2, 0.25) is 0 Å². The zero-order chi connectivity index (χ0) is 18.4. The minimum atomic E-state index is -0.391. The van der Waals surface area contributed by atoms with Gasteiger partial charge in [-0.3, -0.25) is 9.69 Å². The van der Waals surface area contributed by atoms with Gasteiger partial charge in [0.25, 0.3) is 0 Å². The molecular formula is C20H27FN4O. The Bertz CT molecular complexity index is 705. The van der Waals surface area contributed by atoms with Gasteiger partial charge in [0, 0.05) is 19.4 Å². The SMILES string of the molecule is Cn1ccnc1[C@@H](NC(=O)CN1CCCCCCC1)c1ccc(F)cc1. The van der Waals surface area contributed by atoms with Crippen molar-refractivity contribution < 1.29 is 9.18 Å². The summed E-state index contributed by atoms with van der Waals surface area (Å²) < 4.78 is 15.2. The summed E-state index contributed by atoms with van der Waals surface area (Å²) >= 11 is 0. The van der Waals surface area contributed by atoms with Crippen molar-refractivity contribution in [2.75, 3.05) is 19.6 Å². The minimum Gasteiger partial charge on any atom is -0.341 e. The molecule has 1 N–H and O–H groups in total. The maximum absolute atomic E-state index is 13.3.